The number of aliphatic hydroxyl groups excluding tert-OH is 8. The van der Waals surface area contributed by atoms with Crippen molar-refractivity contribution in [2.45, 2.75) is 220 Å². The van der Waals surface area contributed by atoms with Gasteiger partial charge in [0.05, 0.1) is 76.6 Å². The number of methoxy groups -OCH3 is 4. The lowest BCUT2D eigenvalue weighted by Crippen LogP contribution is -2.59. The van der Waals surface area contributed by atoms with Gasteiger partial charge in [-0.3, -0.25) is 28.0 Å². The third-order valence-electron chi connectivity index (χ3n) is 24.4. The summed E-state index contributed by atoms with van der Waals surface area (Å²) in [6.45, 7) is 15.1. The monoisotopic (exact) mass is 1880 g/mol. The van der Waals surface area contributed by atoms with Gasteiger partial charge in [-0.15, -0.1) is 11.8 Å². The fourth-order valence-electron chi connectivity index (χ4n) is 17.3. The van der Waals surface area contributed by atoms with Gasteiger partial charge in [-0.1, -0.05) is 105 Å². The van der Waals surface area contributed by atoms with Crippen LogP contribution >= 0.6 is 11.8 Å². The number of amides is 1. The summed E-state index contributed by atoms with van der Waals surface area (Å²) in [6.07, 6.45) is -2.82. The maximum Gasteiger partial charge on any atom is 0.221 e. The molecule has 0 bridgehead atoms. The number of aliphatic hydroxyl groups is 8. The zero-order valence-corrected chi connectivity index (χ0v) is 78.7. The van der Waals surface area contributed by atoms with Gasteiger partial charge in [-0.05, 0) is 68.6 Å². The number of thioether (sulfide) groups is 1. The summed E-state index contributed by atoms with van der Waals surface area (Å²) in [5, 5.41) is 109. The highest BCUT2D eigenvalue weighted by Gasteiger charge is 2.49. The molecule has 42 nitrogen and oxygen atoms in total. The molecule has 1 amide bonds. The molecule has 134 heavy (non-hydrogen) atoms. The van der Waals surface area contributed by atoms with E-state index in [9.17, 15) is 45.6 Å². The molecule has 0 unspecified atom stereocenters. The summed E-state index contributed by atoms with van der Waals surface area (Å²) >= 11 is 1.72. The van der Waals surface area contributed by atoms with Crippen LogP contribution in [-0.4, -0.2) is 330 Å². The van der Waals surface area contributed by atoms with Gasteiger partial charge in [-0.25, -0.2) is 59.8 Å². The number of fused-ring (bicyclic) bond motifs is 4. The van der Waals surface area contributed by atoms with Gasteiger partial charge in [0.25, 0.3) is 0 Å². The van der Waals surface area contributed by atoms with Crippen LogP contribution in [0.1, 0.15) is 138 Å². The first-order valence-corrected chi connectivity index (χ1v) is 46.4. The molecule has 6 aliphatic rings. The lowest BCUT2D eigenvalue weighted by molar-refractivity contribution is -0.122. The van der Waals surface area contributed by atoms with E-state index < -0.39 is 98.2 Å². The van der Waals surface area contributed by atoms with Gasteiger partial charge in [0.1, 0.15) is 96.5 Å². The Kier molecular flexibility index (Phi) is 34.2. The molecule has 5 aliphatic heterocycles. The van der Waals surface area contributed by atoms with E-state index in [1.165, 1.54) is 64.3 Å². The van der Waals surface area contributed by atoms with Crippen molar-refractivity contribution in [2.75, 3.05) is 131 Å². The molecular weight excluding hydrogens is 1750 g/mol. The predicted molar refractivity (Wildman–Crippen MR) is 501 cm³/mol. The molecule has 17 rings (SSSR count). The zero-order valence-electron chi connectivity index (χ0n) is 77.9. The number of nitrogens with one attached hydrogen (secondary N) is 8. The molecule has 8 aromatic heterocycles. The van der Waals surface area contributed by atoms with Crippen LogP contribution in [0.3, 0.4) is 0 Å². The highest BCUT2D eigenvalue weighted by Crippen LogP contribution is 2.41. The minimum absolute atomic E-state index is 0.0353. The Labute approximate surface area is 781 Å². The third-order valence-corrected chi connectivity index (χ3v) is 25.4. The number of rotatable bonds is 35. The summed E-state index contributed by atoms with van der Waals surface area (Å²) in [5.41, 5.74) is 8.34. The minimum Gasteiger partial charge on any atom is -0.387 e. The molecule has 6 fully saturated rings. The number of likely N-dealkylation sites (tertiary alicyclic amines) is 1. The number of carbonyl (C=O) groups is 1. The van der Waals surface area contributed by atoms with Crippen LogP contribution in [0.5, 0.6) is 0 Å². The molecule has 0 radical (unpaired) electrons. The molecule has 5 saturated heterocycles. The SMILES string of the molecule is CNc1nc(CCNC2CN(C(c3ccccc3)c3ccccc3)C2)nc2c1ncn2[C@@H]1O[C@H](COC)[C@@H](O)[C@H]1O.CNc1nc(CNC2CCC(C)(C)CC2)nc2c1ncn2[C@@H]1O[C@H](COC)[C@@H](O)[C@H]1O.CNc1nc(CNCCC(=O)NC(C)(C)C)nc2c1ncn2[C@@H]1O[C@H](COC)[C@@H](O)[C@H]1O.CNc1nc(CSCc2ccccc2)nc2c1ncn2[C@@H]1O[C@H](COC)[C@@H](O)[C@H]1O. The van der Waals surface area contributed by atoms with Crippen LogP contribution in [0, 0.1) is 5.41 Å². The second kappa shape index (κ2) is 45.8. The van der Waals surface area contributed by atoms with Crippen molar-refractivity contribution in [1.82, 2.24) is 104 Å². The van der Waals surface area contributed by atoms with Crippen LogP contribution in [0.4, 0.5) is 23.3 Å². The van der Waals surface area contributed by atoms with Crippen molar-refractivity contribution in [1.29, 1.82) is 0 Å². The average molecular weight is 1880 g/mol. The molecule has 1 aliphatic carbocycles. The fraction of sp³-hybridized carbons (Fsp3) is 0.571. The van der Waals surface area contributed by atoms with Gasteiger partial charge in [0.2, 0.25) is 5.91 Å². The van der Waals surface area contributed by atoms with Crippen molar-refractivity contribution in [3.05, 3.63) is 156 Å². The van der Waals surface area contributed by atoms with Gasteiger partial charge in [-0.2, -0.15) is 0 Å². The third kappa shape index (κ3) is 23.7. The van der Waals surface area contributed by atoms with E-state index in [0.29, 0.717) is 147 Å². The van der Waals surface area contributed by atoms with E-state index in [2.05, 4.69) is 184 Å². The molecular formula is C91H129N25O17S. The van der Waals surface area contributed by atoms with Crippen LogP contribution < -0.4 is 42.5 Å². The minimum atomic E-state index is -1.16. The highest BCUT2D eigenvalue weighted by atomic mass is 32.2. The zero-order chi connectivity index (χ0) is 95.1. The maximum atomic E-state index is 12.0. The van der Waals surface area contributed by atoms with E-state index in [1.54, 1.807) is 77.2 Å². The first-order chi connectivity index (χ1) is 64.7. The molecule has 11 aromatic rings. The van der Waals surface area contributed by atoms with Crippen molar-refractivity contribution in [3.8, 4) is 0 Å². The Hall–Kier alpha value is -9.92. The number of anilines is 4. The topological polar surface area (TPSA) is 527 Å². The Bertz CT molecular complexity index is 5540. The van der Waals surface area contributed by atoms with Crippen LogP contribution in [0.2, 0.25) is 0 Å². The number of carbonyl (C=O) groups excluding carboxylic acids is 1. The van der Waals surface area contributed by atoms with E-state index >= 15 is 0 Å². The fourth-order valence-corrected chi connectivity index (χ4v) is 18.2. The van der Waals surface area contributed by atoms with Crippen molar-refractivity contribution in [3.63, 3.8) is 0 Å². The van der Waals surface area contributed by atoms with Crippen molar-refractivity contribution in [2.24, 2.45) is 5.41 Å². The van der Waals surface area contributed by atoms with Crippen LogP contribution in [0.25, 0.3) is 44.7 Å². The summed E-state index contributed by atoms with van der Waals surface area (Å²) in [6, 6.07) is 32.6. The summed E-state index contributed by atoms with van der Waals surface area (Å²) < 4.78 is 50.4. The van der Waals surface area contributed by atoms with Gasteiger partial charge >= 0.3 is 0 Å². The number of ether oxygens (including phenoxy) is 8. The van der Waals surface area contributed by atoms with Crippen LogP contribution in [-0.2, 0) is 73.7 Å². The van der Waals surface area contributed by atoms with E-state index in [0.717, 1.165) is 38.2 Å². The normalized spacial score (nSPS) is 24.8. The summed E-state index contributed by atoms with van der Waals surface area (Å²) in [5.74, 6) is 6.22. The Morgan fingerprint density at radius 3 is 1.19 bits per heavy atom. The molecule has 726 valence electrons. The van der Waals surface area contributed by atoms with Crippen molar-refractivity contribution < 1.29 is 83.5 Å². The second-order valence-electron chi connectivity index (χ2n) is 35.9. The standard InChI is InChI=1S/C30H37N7O4.C21H34N6O4.C20H33N7O5.C20H25N5O4S/c1-31-28-24-29(37(18-33-24)30-27(39)26(38)22(41-30)17-40-2)35-23(34-28)13-14-32-21-15-36(16-21)25(19-9-5-3-6-10-19)20-11-7-4-8-12-20;1-21(2)7-5-12(6-8-21)23-9-14-25-18(22-3)15-19(26-14)27(11-24-15)20-17(29)16(28)13(31-20)10-30-4;1-20(2,3)26-13(28)6-7-22-8-12-24-17(21-4)14-18(25-12)27(10-23-14)19-16(30)15(29)11(32-19)9-31-5;1-21-18-15-19(24-14(23-18)10-30-9-12-6-4-3-5-7-12)25(11-22-15)20-17(27)16(26)13(29-20)8-28-2/h3-12,18,21-22,25-27,30,32,38-39H,13-17H2,1-2H3,(H,31,34,35);11-13,16-17,20,23,28-29H,5-10H2,1-4H3,(H,22,25,26);10-11,15-16,19,22,29-30H,6-9H2,1-5H3,(H,26,28)(H,21,24,25);3-7,11,13,16-17,20,26-27H,8-10H2,1-2H3,(H,21,23,24)/t22-,26-,27-,30-;13-,16-,17-,20-;11-,15-,16-,19-;13-,16-,17-,20-/m1111/s1. The van der Waals surface area contributed by atoms with E-state index in [4.69, 9.17) is 47.9 Å². The van der Waals surface area contributed by atoms with E-state index in [-0.39, 0.29) is 43.9 Å². The number of hydrogen-bond donors (Lipinski definition) is 16. The number of imidazole rings is 4. The van der Waals surface area contributed by atoms with Crippen LogP contribution in [0.15, 0.2) is 116 Å². The lowest BCUT2D eigenvalue weighted by atomic mass is 9.75. The summed E-state index contributed by atoms with van der Waals surface area (Å²) in [7, 11) is 13.2. The average Bonchev–Trinajstić information content (AvgIpc) is 1.62. The molecule has 13 heterocycles. The van der Waals surface area contributed by atoms with E-state index in [1.807, 2.05) is 39.0 Å². The molecule has 43 heteroatoms. The second-order valence-corrected chi connectivity index (χ2v) is 36.8. The number of hydrogen-bond acceptors (Lipinski definition) is 38. The Balaban J connectivity index is 0.000000145. The summed E-state index contributed by atoms with van der Waals surface area (Å²) in [4.78, 5) is 69.2. The van der Waals surface area contributed by atoms with Gasteiger partial charge in [0.15, 0.2) is 92.8 Å². The molecule has 3 aromatic carbocycles. The first-order valence-electron chi connectivity index (χ1n) is 45.3. The predicted octanol–water partition coefficient (Wildman–Crippen LogP) is 4.03. The molecule has 1 saturated carbocycles. The number of nitrogens with zero attached hydrogens (tertiary/aromatic N) is 17. The highest BCUT2D eigenvalue weighted by molar-refractivity contribution is 7.97. The maximum absolute atomic E-state index is 12.0. The molecule has 16 N–H and O–H groups in total. The largest absolute Gasteiger partial charge is 0.387 e. The number of benzene rings is 3. The van der Waals surface area contributed by atoms with Gasteiger partial charge in [0, 0.05) is 119 Å². The van der Waals surface area contributed by atoms with Gasteiger partial charge < -0.3 is 121 Å². The Morgan fingerprint density at radius 1 is 0.455 bits per heavy atom. The quantitative estimate of drug-likeness (QED) is 0.0249. The Morgan fingerprint density at radius 2 is 0.813 bits per heavy atom. The lowest BCUT2D eigenvalue weighted by Gasteiger charge is -2.45. The smallest absolute Gasteiger partial charge is 0.221 e. The molecule has 16 atom stereocenters. The van der Waals surface area contributed by atoms with Crippen molar-refractivity contribution >= 4 is 85.6 Å². The first kappa shape index (κ1) is 100. The molecule has 0 spiro atoms. The number of aromatic nitrogens is 16.